The first-order valence-corrected chi connectivity index (χ1v) is 5.23. The number of carbonyl (C=O) groups is 1. The van der Waals surface area contributed by atoms with E-state index in [1.165, 1.54) is 0 Å². The Labute approximate surface area is 90.3 Å². The van der Waals surface area contributed by atoms with E-state index in [9.17, 15) is 9.90 Å². The fourth-order valence-electron chi connectivity index (χ4n) is 1.43. The predicted molar refractivity (Wildman–Crippen MR) is 57.5 cm³/mol. The smallest absolute Gasteiger partial charge is 0.407 e. The number of aliphatic hydroxyl groups is 1. The molecule has 0 saturated heterocycles. The zero-order valence-electron chi connectivity index (χ0n) is 9.49. The second-order valence-electron chi connectivity index (χ2n) is 4.75. The summed E-state index contributed by atoms with van der Waals surface area (Å²) in [5.41, 5.74) is -0.500. The van der Waals surface area contributed by atoms with Crippen molar-refractivity contribution >= 4 is 6.09 Å². The SMILES string of the molecule is CC(C)(C)OC(=O)NC1CCC=CC1O. The Kier molecular flexibility index (Phi) is 3.74. The van der Waals surface area contributed by atoms with Crippen LogP contribution in [0, 0.1) is 0 Å². The molecule has 1 aliphatic carbocycles. The number of carbonyl (C=O) groups excluding carboxylic acids is 1. The minimum Gasteiger partial charge on any atom is -0.444 e. The number of hydrogen-bond donors (Lipinski definition) is 2. The summed E-state index contributed by atoms with van der Waals surface area (Å²) in [7, 11) is 0. The Bertz CT molecular complexity index is 255. The highest BCUT2D eigenvalue weighted by atomic mass is 16.6. The van der Waals surface area contributed by atoms with E-state index < -0.39 is 17.8 Å². The first-order chi connectivity index (χ1) is 6.88. The number of amides is 1. The molecule has 0 spiro atoms. The van der Waals surface area contributed by atoms with Gasteiger partial charge in [0.2, 0.25) is 0 Å². The van der Waals surface area contributed by atoms with Crippen molar-refractivity contribution in [3.63, 3.8) is 0 Å². The average molecular weight is 213 g/mol. The Morgan fingerprint density at radius 1 is 1.53 bits per heavy atom. The summed E-state index contributed by atoms with van der Waals surface area (Å²) in [6.45, 7) is 5.43. The third-order valence-electron chi connectivity index (χ3n) is 2.09. The van der Waals surface area contributed by atoms with Crippen LogP contribution >= 0.6 is 0 Å². The summed E-state index contributed by atoms with van der Waals surface area (Å²) >= 11 is 0. The van der Waals surface area contributed by atoms with E-state index in [-0.39, 0.29) is 6.04 Å². The summed E-state index contributed by atoms with van der Waals surface area (Å²) in [6, 6.07) is -0.232. The van der Waals surface area contributed by atoms with Crippen LogP contribution in [-0.4, -0.2) is 28.9 Å². The minimum absolute atomic E-state index is 0.232. The highest BCUT2D eigenvalue weighted by molar-refractivity contribution is 5.68. The van der Waals surface area contributed by atoms with Gasteiger partial charge in [-0.1, -0.05) is 12.2 Å². The van der Waals surface area contributed by atoms with Gasteiger partial charge >= 0.3 is 6.09 Å². The Morgan fingerprint density at radius 2 is 2.20 bits per heavy atom. The van der Waals surface area contributed by atoms with Gasteiger partial charge in [-0.15, -0.1) is 0 Å². The number of nitrogens with one attached hydrogen (secondary N) is 1. The van der Waals surface area contributed by atoms with Gasteiger partial charge in [0, 0.05) is 0 Å². The van der Waals surface area contributed by atoms with Gasteiger partial charge < -0.3 is 15.2 Å². The van der Waals surface area contributed by atoms with E-state index in [0.29, 0.717) is 0 Å². The van der Waals surface area contributed by atoms with Crippen LogP contribution in [0.5, 0.6) is 0 Å². The quantitative estimate of drug-likeness (QED) is 0.650. The summed E-state index contributed by atoms with van der Waals surface area (Å²) in [5, 5.41) is 12.2. The van der Waals surface area contributed by atoms with Crippen LogP contribution in [0.25, 0.3) is 0 Å². The molecule has 0 aromatic carbocycles. The number of alkyl carbamates (subject to hydrolysis) is 1. The first-order valence-electron chi connectivity index (χ1n) is 5.23. The molecular weight excluding hydrogens is 194 g/mol. The van der Waals surface area contributed by atoms with Crippen LogP contribution in [0.4, 0.5) is 4.79 Å². The molecule has 1 amide bonds. The number of allylic oxidation sites excluding steroid dienone is 1. The van der Waals surface area contributed by atoms with E-state index in [1.807, 2.05) is 26.8 Å². The summed E-state index contributed by atoms with van der Waals surface area (Å²) in [6.07, 6.45) is 4.16. The Balaban J connectivity index is 2.41. The number of rotatable bonds is 1. The van der Waals surface area contributed by atoms with Gasteiger partial charge in [0.05, 0.1) is 12.1 Å². The predicted octanol–water partition coefficient (Wildman–Crippen LogP) is 1.59. The van der Waals surface area contributed by atoms with Gasteiger partial charge in [-0.25, -0.2) is 4.79 Å². The zero-order chi connectivity index (χ0) is 11.5. The standard InChI is InChI=1S/C11H19NO3/c1-11(2,3)15-10(14)12-8-6-4-5-7-9(8)13/h5,7-9,13H,4,6H2,1-3H3,(H,12,14). The lowest BCUT2D eigenvalue weighted by atomic mass is 9.99. The maximum Gasteiger partial charge on any atom is 0.407 e. The van der Waals surface area contributed by atoms with Gasteiger partial charge in [-0.3, -0.25) is 0 Å². The fraction of sp³-hybridized carbons (Fsp3) is 0.727. The normalized spacial score (nSPS) is 26.1. The van der Waals surface area contributed by atoms with Crippen molar-refractivity contribution in [3.8, 4) is 0 Å². The molecule has 4 heteroatoms. The van der Waals surface area contributed by atoms with Crippen LogP contribution in [0.2, 0.25) is 0 Å². The molecule has 1 rings (SSSR count). The molecule has 0 radical (unpaired) electrons. The van der Waals surface area contributed by atoms with Crippen molar-refractivity contribution in [2.75, 3.05) is 0 Å². The van der Waals surface area contributed by atoms with E-state index in [2.05, 4.69) is 5.32 Å². The lowest BCUT2D eigenvalue weighted by molar-refractivity contribution is 0.0445. The molecule has 0 saturated carbocycles. The molecule has 0 aromatic heterocycles. The second-order valence-corrected chi connectivity index (χ2v) is 4.75. The van der Waals surface area contributed by atoms with Gasteiger partial charge in [0.1, 0.15) is 5.60 Å². The molecule has 0 aromatic rings. The van der Waals surface area contributed by atoms with E-state index in [1.54, 1.807) is 6.08 Å². The lowest BCUT2D eigenvalue weighted by Crippen LogP contribution is -2.45. The summed E-state index contributed by atoms with van der Waals surface area (Å²) in [4.78, 5) is 11.4. The van der Waals surface area contributed by atoms with Crippen LogP contribution in [0.1, 0.15) is 33.6 Å². The van der Waals surface area contributed by atoms with E-state index in [0.717, 1.165) is 12.8 Å². The van der Waals surface area contributed by atoms with Crippen molar-refractivity contribution in [2.24, 2.45) is 0 Å². The largest absolute Gasteiger partial charge is 0.444 e. The summed E-state index contributed by atoms with van der Waals surface area (Å²) < 4.78 is 5.10. The van der Waals surface area contributed by atoms with Crippen molar-refractivity contribution in [3.05, 3.63) is 12.2 Å². The van der Waals surface area contributed by atoms with Crippen molar-refractivity contribution in [2.45, 2.75) is 51.4 Å². The molecule has 86 valence electrons. The third-order valence-corrected chi connectivity index (χ3v) is 2.09. The molecule has 0 fully saturated rings. The van der Waals surface area contributed by atoms with Crippen LogP contribution in [-0.2, 0) is 4.74 Å². The monoisotopic (exact) mass is 213 g/mol. The number of ether oxygens (including phenoxy) is 1. The van der Waals surface area contributed by atoms with Crippen molar-refractivity contribution < 1.29 is 14.6 Å². The van der Waals surface area contributed by atoms with E-state index >= 15 is 0 Å². The molecule has 2 atom stereocenters. The molecule has 1 aliphatic rings. The lowest BCUT2D eigenvalue weighted by Gasteiger charge is -2.26. The number of aliphatic hydroxyl groups excluding tert-OH is 1. The van der Waals surface area contributed by atoms with Crippen LogP contribution in [0.15, 0.2) is 12.2 Å². The average Bonchev–Trinajstić information content (AvgIpc) is 2.05. The maximum absolute atomic E-state index is 11.4. The van der Waals surface area contributed by atoms with Crippen LogP contribution < -0.4 is 5.32 Å². The van der Waals surface area contributed by atoms with E-state index in [4.69, 9.17) is 4.74 Å². The third kappa shape index (κ3) is 4.34. The highest BCUT2D eigenvalue weighted by Crippen LogP contribution is 2.13. The fourth-order valence-corrected chi connectivity index (χ4v) is 1.43. The first kappa shape index (κ1) is 12.0. The van der Waals surface area contributed by atoms with Crippen molar-refractivity contribution in [1.82, 2.24) is 5.32 Å². The molecule has 2 N–H and O–H groups in total. The molecular formula is C11H19NO3. The Hall–Kier alpha value is -1.03. The van der Waals surface area contributed by atoms with Gasteiger partial charge in [0.25, 0.3) is 0 Å². The van der Waals surface area contributed by atoms with Gasteiger partial charge in [-0.2, -0.15) is 0 Å². The second kappa shape index (κ2) is 4.66. The highest BCUT2D eigenvalue weighted by Gasteiger charge is 2.24. The number of hydrogen-bond acceptors (Lipinski definition) is 3. The topological polar surface area (TPSA) is 58.6 Å². The molecule has 15 heavy (non-hydrogen) atoms. The summed E-state index contributed by atoms with van der Waals surface area (Å²) in [5.74, 6) is 0. The maximum atomic E-state index is 11.4. The molecule has 0 aliphatic heterocycles. The molecule has 0 bridgehead atoms. The van der Waals surface area contributed by atoms with Crippen LogP contribution in [0.3, 0.4) is 0 Å². The molecule has 0 heterocycles. The van der Waals surface area contributed by atoms with Crippen molar-refractivity contribution in [1.29, 1.82) is 0 Å². The molecule has 2 unspecified atom stereocenters. The van der Waals surface area contributed by atoms with Gasteiger partial charge in [0.15, 0.2) is 0 Å². The van der Waals surface area contributed by atoms with Gasteiger partial charge in [-0.05, 0) is 33.6 Å². The zero-order valence-corrected chi connectivity index (χ0v) is 9.49. The minimum atomic E-state index is -0.605. The Morgan fingerprint density at radius 3 is 2.73 bits per heavy atom. The molecule has 4 nitrogen and oxygen atoms in total.